The second-order valence-electron chi connectivity index (χ2n) is 9.11. The van der Waals surface area contributed by atoms with Crippen molar-refractivity contribution in [3.05, 3.63) is 87.6 Å². The monoisotopic (exact) mass is 465 g/mol. The van der Waals surface area contributed by atoms with Crippen LogP contribution in [0.4, 0.5) is 9.18 Å². The second kappa shape index (κ2) is 8.54. The highest BCUT2D eigenvalue weighted by molar-refractivity contribution is 7.09. The molecule has 0 radical (unpaired) electrons. The lowest BCUT2D eigenvalue weighted by Gasteiger charge is -2.48. The van der Waals surface area contributed by atoms with Crippen molar-refractivity contribution in [2.24, 2.45) is 0 Å². The highest BCUT2D eigenvalue weighted by Crippen LogP contribution is 2.52. The first kappa shape index (κ1) is 22.0. The third-order valence-electron chi connectivity index (χ3n) is 7.27. The summed E-state index contributed by atoms with van der Waals surface area (Å²) in [7, 11) is 0. The van der Waals surface area contributed by atoms with E-state index in [1.165, 1.54) is 6.07 Å². The molecule has 33 heavy (non-hydrogen) atoms. The number of hydrogen-bond acceptors (Lipinski definition) is 5. The van der Waals surface area contributed by atoms with Gasteiger partial charge in [0.25, 0.3) is 0 Å². The maximum absolute atomic E-state index is 14.2. The van der Waals surface area contributed by atoms with Gasteiger partial charge in [0.05, 0.1) is 17.2 Å². The van der Waals surface area contributed by atoms with Crippen molar-refractivity contribution < 1.29 is 13.9 Å². The lowest BCUT2D eigenvalue weighted by Crippen LogP contribution is -2.58. The average molecular weight is 466 g/mol. The molecule has 2 aliphatic rings. The maximum atomic E-state index is 14.2. The summed E-state index contributed by atoms with van der Waals surface area (Å²) >= 11 is 1.59. The van der Waals surface area contributed by atoms with Gasteiger partial charge in [0.2, 0.25) is 0 Å². The molecule has 0 N–H and O–H groups in total. The second-order valence-corrected chi connectivity index (χ2v) is 10.2. The van der Waals surface area contributed by atoms with Crippen molar-refractivity contribution in [2.75, 3.05) is 13.1 Å². The number of amides is 1. The van der Waals surface area contributed by atoms with Gasteiger partial charge in [-0.1, -0.05) is 48.5 Å². The molecule has 2 saturated heterocycles. The molecule has 2 aliphatic heterocycles. The first-order chi connectivity index (χ1) is 15.9. The Labute approximate surface area is 197 Å². The topological polar surface area (TPSA) is 45.7 Å². The van der Waals surface area contributed by atoms with Crippen molar-refractivity contribution in [1.29, 1.82) is 0 Å². The van der Waals surface area contributed by atoms with E-state index in [4.69, 9.17) is 4.74 Å². The Morgan fingerprint density at radius 1 is 1.06 bits per heavy atom. The summed E-state index contributed by atoms with van der Waals surface area (Å²) < 4.78 is 20.4. The van der Waals surface area contributed by atoms with Gasteiger partial charge in [0.1, 0.15) is 17.0 Å². The van der Waals surface area contributed by atoms with Crippen LogP contribution in [0.2, 0.25) is 0 Å². The molecule has 1 atom stereocenters. The fraction of sp³-hybridized carbons (Fsp3) is 0.385. The molecule has 1 unspecified atom stereocenters. The standard InChI is InChI=1S/C26H28FN3O2S/c1-19-28-22(18-33-19)17-30-24(31)32-26(25(30,2)21-9-4-3-5-10-21)12-14-29(15-13-26)16-20-8-6-7-11-23(20)27/h3-11,18H,12-17H2,1-2H3. The van der Waals surface area contributed by atoms with Gasteiger partial charge in [0, 0.05) is 43.4 Å². The minimum Gasteiger partial charge on any atom is -0.440 e. The predicted molar refractivity (Wildman–Crippen MR) is 126 cm³/mol. The number of ether oxygens (including phenoxy) is 1. The highest BCUT2D eigenvalue weighted by Gasteiger charge is 2.63. The zero-order valence-corrected chi connectivity index (χ0v) is 19.8. The molecule has 3 aromatic rings. The highest BCUT2D eigenvalue weighted by atomic mass is 32.1. The molecule has 2 fully saturated rings. The molecule has 172 valence electrons. The molecule has 1 amide bonds. The lowest BCUT2D eigenvalue weighted by molar-refractivity contribution is -0.0616. The van der Waals surface area contributed by atoms with Gasteiger partial charge in [-0.3, -0.25) is 9.80 Å². The van der Waals surface area contributed by atoms with E-state index in [1.807, 2.05) is 47.5 Å². The zero-order chi connectivity index (χ0) is 23.1. The number of hydrogen-bond donors (Lipinski definition) is 0. The number of carbonyl (C=O) groups excluding carboxylic acids is 1. The van der Waals surface area contributed by atoms with Gasteiger partial charge < -0.3 is 4.74 Å². The summed E-state index contributed by atoms with van der Waals surface area (Å²) in [5.74, 6) is -0.177. The predicted octanol–water partition coefficient (Wildman–Crippen LogP) is 5.49. The summed E-state index contributed by atoms with van der Waals surface area (Å²) in [4.78, 5) is 22.0. The molecule has 5 rings (SSSR count). The number of benzene rings is 2. The lowest BCUT2D eigenvalue weighted by atomic mass is 9.70. The van der Waals surface area contributed by atoms with Gasteiger partial charge in [-0.05, 0) is 25.5 Å². The number of halogens is 1. The minimum absolute atomic E-state index is 0.177. The zero-order valence-electron chi connectivity index (χ0n) is 19.0. The van der Waals surface area contributed by atoms with Crippen LogP contribution in [-0.4, -0.2) is 39.6 Å². The smallest absolute Gasteiger partial charge is 0.411 e. The molecule has 2 aromatic carbocycles. The number of carbonyl (C=O) groups is 1. The van der Waals surface area contributed by atoms with Crippen LogP contribution in [0.15, 0.2) is 60.0 Å². The largest absolute Gasteiger partial charge is 0.440 e. The van der Waals surface area contributed by atoms with Crippen molar-refractivity contribution in [3.8, 4) is 0 Å². The van der Waals surface area contributed by atoms with Crippen LogP contribution in [0.3, 0.4) is 0 Å². The summed E-state index contributed by atoms with van der Waals surface area (Å²) in [5, 5.41) is 2.99. The first-order valence-electron chi connectivity index (χ1n) is 11.3. The summed E-state index contributed by atoms with van der Waals surface area (Å²) in [6.07, 6.45) is 1.07. The average Bonchev–Trinajstić information content (AvgIpc) is 3.32. The Morgan fingerprint density at radius 2 is 1.76 bits per heavy atom. The summed E-state index contributed by atoms with van der Waals surface area (Å²) in [6.45, 7) is 6.52. The van der Waals surface area contributed by atoms with E-state index in [9.17, 15) is 9.18 Å². The minimum atomic E-state index is -0.651. The molecule has 5 nitrogen and oxygen atoms in total. The van der Waals surface area contributed by atoms with E-state index in [0.717, 1.165) is 29.4 Å². The number of piperidine rings is 1. The van der Waals surface area contributed by atoms with Gasteiger partial charge in [0.15, 0.2) is 0 Å². The van der Waals surface area contributed by atoms with Gasteiger partial charge in [-0.2, -0.15) is 0 Å². The van der Waals surface area contributed by atoms with E-state index < -0.39 is 11.1 Å². The molecule has 0 saturated carbocycles. The third kappa shape index (κ3) is 3.83. The Kier molecular flexibility index (Phi) is 5.70. The quantitative estimate of drug-likeness (QED) is 0.500. The van der Waals surface area contributed by atoms with Gasteiger partial charge in [-0.15, -0.1) is 11.3 Å². The van der Waals surface area contributed by atoms with Crippen molar-refractivity contribution >= 4 is 17.4 Å². The third-order valence-corrected chi connectivity index (χ3v) is 8.09. The van der Waals surface area contributed by atoms with Crippen LogP contribution in [-0.2, 0) is 23.4 Å². The normalized spacial score (nSPS) is 22.6. The number of rotatable bonds is 5. The van der Waals surface area contributed by atoms with Crippen LogP contribution >= 0.6 is 11.3 Å². The Balaban J connectivity index is 1.44. The Morgan fingerprint density at radius 3 is 2.42 bits per heavy atom. The van der Waals surface area contributed by atoms with E-state index >= 15 is 0 Å². The first-order valence-corrected chi connectivity index (χ1v) is 12.2. The SMILES string of the molecule is Cc1nc(CN2C(=O)OC3(CCN(Cc4ccccc4F)CC3)C2(C)c2ccccc2)cs1. The van der Waals surface area contributed by atoms with Crippen LogP contribution in [0.25, 0.3) is 0 Å². The van der Waals surface area contributed by atoms with Crippen LogP contribution in [0, 0.1) is 12.7 Å². The Hall–Kier alpha value is -2.77. The van der Waals surface area contributed by atoms with Crippen LogP contribution in [0.5, 0.6) is 0 Å². The summed E-state index contributed by atoms with van der Waals surface area (Å²) in [5.41, 5.74) is 1.36. The molecule has 1 spiro atoms. The molecule has 0 aliphatic carbocycles. The van der Waals surface area contributed by atoms with Crippen molar-refractivity contribution in [2.45, 2.75) is 50.9 Å². The number of thiazole rings is 1. The van der Waals surface area contributed by atoms with Crippen molar-refractivity contribution in [1.82, 2.24) is 14.8 Å². The van der Waals surface area contributed by atoms with E-state index in [-0.39, 0.29) is 11.9 Å². The maximum Gasteiger partial charge on any atom is 0.411 e. The van der Waals surface area contributed by atoms with Gasteiger partial charge >= 0.3 is 6.09 Å². The van der Waals surface area contributed by atoms with E-state index in [2.05, 4.69) is 28.9 Å². The van der Waals surface area contributed by atoms with E-state index in [0.29, 0.717) is 31.5 Å². The fourth-order valence-electron chi connectivity index (χ4n) is 5.33. The summed E-state index contributed by atoms with van der Waals surface area (Å²) in [6, 6.07) is 17.1. The number of likely N-dealkylation sites (tertiary alicyclic amines) is 1. The van der Waals surface area contributed by atoms with E-state index in [1.54, 1.807) is 17.4 Å². The number of aromatic nitrogens is 1. The fourth-order valence-corrected chi connectivity index (χ4v) is 5.93. The molecule has 3 heterocycles. The molecular formula is C26H28FN3O2S. The Bertz CT molecular complexity index is 1140. The van der Waals surface area contributed by atoms with Crippen LogP contribution < -0.4 is 0 Å². The molecule has 0 bridgehead atoms. The van der Waals surface area contributed by atoms with Gasteiger partial charge in [-0.25, -0.2) is 14.2 Å². The number of aryl methyl sites for hydroxylation is 1. The van der Waals surface area contributed by atoms with Crippen LogP contribution in [0.1, 0.15) is 41.6 Å². The number of nitrogens with zero attached hydrogens (tertiary/aromatic N) is 3. The molecular weight excluding hydrogens is 437 g/mol. The molecule has 7 heteroatoms. The van der Waals surface area contributed by atoms with Crippen molar-refractivity contribution in [3.63, 3.8) is 0 Å². The molecule has 1 aromatic heterocycles.